The number of amides is 2. The van der Waals surface area contributed by atoms with Gasteiger partial charge in [0, 0.05) is 43.8 Å². The van der Waals surface area contributed by atoms with Crippen LogP contribution in [0.25, 0.3) is 0 Å². The Morgan fingerprint density at radius 2 is 1.75 bits per heavy atom. The lowest BCUT2D eigenvalue weighted by Gasteiger charge is -2.37. The molecule has 1 saturated heterocycles. The number of piperazine rings is 1. The first-order chi connectivity index (χ1) is 13.4. The highest BCUT2D eigenvalue weighted by Crippen LogP contribution is 2.25. The van der Waals surface area contributed by atoms with E-state index in [-0.39, 0.29) is 11.4 Å². The van der Waals surface area contributed by atoms with Gasteiger partial charge in [0.15, 0.2) is 0 Å². The summed E-state index contributed by atoms with van der Waals surface area (Å²) >= 11 is 0. The van der Waals surface area contributed by atoms with E-state index in [2.05, 4.69) is 67.4 Å². The molecule has 5 heteroatoms. The summed E-state index contributed by atoms with van der Waals surface area (Å²) in [6.07, 6.45) is 0. The Bertz CT molecular complexity index is 794. The zero-order valence-corrected chi connectivity index (χ0v) is 17.4. The summed E-state index contributed by atoms with van der Waals surface area (Å²) in [6, 6.07) is 16.6. The Labute approximate surface area is 168 Å². The number of anilines is 1. The van der Waals surface area contributed by atoms with Crippen LogP contribution in [0.5, 0.6) is 5.75 Å². The number of urea groups is 1. The number of ether oxygens (including phenoxy) is 1. The van der Waals surface area contributed by atoms with Crippen molar-refractivity contribution in [3.8, 4) is 5.75 Å². The van der Waals surface area contributed by atoms with Gasteiger partial charge in [-0.3, -0.25) is 0 Å². The van der Waals surface area contributed by atoms with Crippen LogP contribution in [-0.2, 0) is 5.41 Å². The SMILES string of the molecule is COc1ccc(C(C)(C)CNC(=O)N2CCN(c3cccc(C)c3)CC2)cc1. The molecule has 1 aliphatic rings. The largest absolute Gasteiger partial charge is 0.497 e. The number of carbonyl (C=O) groups excluding carboxylic acids is 1. The van der Waals surface area contributed by atoms with Crippen LogP contribution in [0.4, 0.5) is 10.5 Å². The Balaban J connectivity index is 1.51. The van der Waals surface area contributed by atoms with Gasteiger partial charge in [0.1, 0.15) is 5.75 Å². The standard InChI is InChI=1S/C23H31N3O2/c1-18-6-5-7-20(16-18)25-12-14-26(15-13-25)22(27)24-17-23(2,3)19-8-10-21(28-4)11-9-19/h5-11,16H,12-15,17H2,1-4H3,(H,24,27). The summed E-state index contributed by atoms with van der Waals surface area (Å²) in [5.41, 5.74) is 3.53. The Morgan fingerprint density at radius 1 is 1.07 bits per heavy atom. The molecule has 1 N–H and O–H groups in total. The Kier molecular flexibility index (Phi) is 6.12. The summed E-state index contributed by atoms with van der Waals surface area (Å²) < 4.78 is 5.23. The van der Waals surface area contributed by atoms with E-state index in [9.17, 15) is 4.79 Å². The molecule has 1 fully saturated rings. The van der Waals surface area contributed by atoms with Crippen molar-refractivity contribution >= 4 is 11.7 Å². The molecule has 0 aromatic heterocycles. The number of rotatable bonds is 5. The number of methoxy groups -OCH3 is 1. The summed E-state index contributed by atoms with van der Waals surface area (Å²) in [5.74, 6) is 0.843. The lowest BCUT2D eigenvalue weighted by Crippen LogP contribution is -2.53. The highest BCUT2D eigenvalue weighted by Gasteiger charge is 2.25. The average Bonchev–Trinajstić information content (AvgIpc) is 2.72. The smallest absolute Gasteiger partial charge is 0.317 e. The fourth-order valence-electron chi connectivity index (χ4n) is 3.55. The topological polar surface area (TPSA) is 44.8 Å². The molecule has 0 unspecified atom stereocenters. The number of hydrogen-bond donors (Lipinski definition) is 1. The molecule has 0 bridgehead atoms. The number of benzene rings is 2. The first-order valence-electron chi connectivity index (χ1n) is 9.88. The van der Waals surface area contributed by atoms with Crippen molar-refractivity contribution in [1.29, 1.82) is 0 Å². The number of carbonyl (C=O) groups is 1. The molecule has 150 valence electrons. The van der Waals surface area contributed by atoms with E-state index in [1.165, 1.54) is 16.8 Å². The third-order valence-corrected chi connectivity index (χ3v) is 5.49. The zero-order valence-electron chi connectivity index (χ0n) is 17.4. The average molecular weight is 382 g/mol. The molecule has 3 rings (SSSR count). The molecule has 0 spiro atoms. The monoisotopic (exact) mass is 381 g/mol. The third kappa shape index (κ3) is 4.77. The summed E-state index contributed by atoms with van der Waals surface area (Å²) in [6.45, 7) is 10.2. The normalized spacial score (nSPS) is 14.7. The van der Waals surface area contributed by atoms with Crippen molar-refractivity contribution in [2.24, 2.45) is 0 Å². The fraction of sp³-hybridized carbons (Fsp3) is 0.435. The second-order valence-corrected chi connectivity index (χ2v) is 8.08. The summed E-state index contributed by atoms with van der Waals surface area (Å²) in [4.78, 5) is 16.9. The van der Waals surface area contributed by atoms with E-state index in [1.807, 2.05) is 17.0 Å². The van der Waals surface area contributed by atoms with Gasteiger partial charge in [-0.25, -0.2) is 4.79 Å². The van der Waals surface area contributed by atoms with Gasteiger partial charge >= 0.3 is 6.03 Å². The molecule has 5 nitrogen and oxygen atoms in total. The number of nitrogens with one attached hydrogen (secondary N) is 1. The van der Waals surface area contributed by atoms with Crippen molar-refractivity contribution in [3.63, 3.8) is 0 Å². The molecule has 0 atom stereocenters. The predicted molar refractivity (Wildman–Crippen MR) is 114 cm³/mol. The Morgan fingerprint density at radius 3 is 2.36 bits per heavy atom. The molecular formula is C23H31N3O2. The molecule has 1 heterocycles. The maximum Gasteiger partial charge on any atom is 0.317 e. The summed E-state index contributed by atoms with van der Waals surface area (Å²) in [5, 5.41) is 3.12. The molecule has 0 radical (unpaired) electrons. The van der Waals surface area contributed by atoms with Crippen LogP contribution >= 0.6 is 0 Å². The van der Waals surface area contributed by atoms with Crippen LogP contribution in [0.2, 0.25) is 0 Å². The molecule has 0 aliphatic carbocycles. The van der Waals surface area contributed by atoms with Crippen molar-refractivity contribution in [2.75, 3.05) is 44.7 Å². The molecular weight excluding hydrogens is 350 g/mol. The van der Waals surface area contributed by atoms with Crippen molar-refractivity contribution in [3.05, 3.63) is 59.7 Å². The van der Waals surface area contributed by atoms with Crippen molar-refractivity contribution < 1.29 is 9.53 Å². The van der Waals surface area contributed by atoms with Crippen LogP contribution in [0.1, 0.15) is 25.0 Å². The van der Waals surface area contributed by atoms with Crippen LogP contribution in [0.3, 0.4) is 0 Å². The third-order valence-electron chi connectivity index (χ3n) is 5.49. The minimum atomic E-state index is -0.148. The highest BCUT2D eigenvalue weighted by atomic mass is 16.5. The van der Waals surface area contributed by atoms with Gasteiger partial charge in [-0.05, 0) is 42.3 Å². The molecule has 2 aromatic carbocycles. The van der Waals surface area contributed by atoms with E-state index < -0.39 is 0 Å². The Hall–Kier alpha value is -2.69. The second-order valence-electron chi connectivity index (χ2n) is 8.08. The maximum atomic E-state index is 12.7. The van der Waals surface area contributed by atoms with E-state index in [0.29, 0.717) is 6.54 Å². The molecule has 0 saturated carbocycles. The van der Waals surface area contributed by atoms with Gasteiger partial charge < -0.3 is 19.9 Å². The molecule has 1 aliphatic heterocycles. The van der Waals surface area contributed by atoms with E-state index in [1.54, 1.807) is 7.11 Å². The number of aryl methyl sites for hydroxylation is 1. The zero-order chi connectivity index (χ0) is 20.1. The summed E-state index contributed by atoms with van der Waals surface area (Å²) in [7, 11) is 1.67. The van der Waals surface area contributed by atoms with E-state index >= 15 is 0 Å². The van der Waals surface area contributed by atoms with Crippen molar-refractivity contribution in [1.82, 2.24) is 10.2 Å². The van der Waals surface area contributed by atoms with Crippen LogP contribution in [0.15, 0.2) is 48.5 Å². The quantitative estimate of drug-likeness (QED) is 0.857. The second kappa shape index (κ2) is 8.55. The predicted octanol–water partition coefficient (Wildman–Crippen LogP) is 3.81. The van der Waals surface area contributed by atoms with Crippen LogP contribution in [0, 0.1) is 6.92 Å². The van der Waals surface area contributed by atoms with E-state index in [0.717, 1.165) is 31.9 Å². The minimum Gasteiger partial charge on any atom is -0.497 e. The fourth-order valence-corrected chi connectivity index (χ4v) is 3.55. The highest BCUT2D eigenvalue weighted by molar-refractivity contribution is 5.74. The number of hydrogen-bond acceptors (Lipinski definition) is 3. The first-order valence-corrected chi connectivity index (χ1v) is 9.88. The minimum absolute atomic E-state index is 0.0190. The van der Waals surface area contributed by atoms with Crippen LogP contribution < -0.4 is 15.0 Å². The maximum absolute atomic E-state index is 12.7. The van der Waals surface area contributed by atoms with Crippen molar-refractivity contribution in [2.45, 2.75) is 26.2 Å². The number of nitrogens with zero attached hydrogens (tertiary/aromatic N) is 2. The molecule has 2 amide bonds. The lowest BCUT2D eigenvalue weighted by atomic mass is 9.84. The van der Waals surface area contributed by atoms with Gasteiger partial charge in [-0.15, -0.1) is 0 Å². The van der Waals surface area contributed by atoms with Gasteiger partial charge in [0.05, 0.1) is 7.11 Å². The van der Waals surface area contributed by atoms with Gasteiger partial charge in [-0.1, -0.05) is 38.1 Å². The van der Waals surface area contributed by atoms with Crippen LogP contribution in [-0.4, -0.2) is 50.8 Å². The van der Waals surface area contributed by atoms with E-state index in [4.69, 9.17) is 4.74 Å². The van der Waals surface area contributed by atoms with Gasteiger partial charge in [0.2, 0.25) is 0 Å². The van der Waals surface area contributed by atoms with Gasteiger partial charge in [-0.2, -0.15) is 0 Å². The lowest BCUT2D eigenvalue weighted by molar-refractivity contribution is 0.192. The van der Waals surface area contributed by atoms with Gasteiger partial charge in [0.25, 0.3) is 0 Å². The molecule has 2 aromatic rings. The first kappa shape index (κ1) is 20.1. The molecule has 28 heavy (non-hydrogen) atoms.